The van der Waals surface area contributed by atoms with Crippen LogP contribution >= 0.6 is 46.6 Å². The Kier molecular flexibility index (Phi) is 2.49. The summed E-state index contributed by atoms with van der Waals surface area (Å²) < 4.78 is 45.5. The summed E-state index contributed by atoms with van der Waals surface area (Å²) in [5, 5.41) is -4.32. The number of hydrogen-bond donors (Lipinski definition) is 0. The largest absolute Gasteiger partial charge is 0.360 e. The van der Waals surface area contributed by atoms with Crippen molar-refractivity contribution in [3.05, 3.63) is 0 Å². The molecule has 1 aliphatic heterocycles. The molecule has 0 radical (unpaired) electrons. The van der Waals surface area contributed by atoms with Gasteiger partial charge in [0.05, 0.1) is 0 Å². The van der Waals surface area contributed by atoms with Gasteiger partial charge in [0.25, 0.3) is 0 Å². The molecule has 1 atom stereocenters. The van der Waals surface area contributed by atoms with Crippen molar-refractivity contribution in [2.24, 2.45) is 0 Å². The highest BCUT2D eigenvalue weighted by Crippen LogP contribution is 2.65. The number of alkyl halides is 7. The average molecular weight is 263 g/mol. The molecule has 0 spiro atoms. The summed E-state index contributed by atoms with van der Waals surface area (Å²) in [5.41, 5.74) is 0. The Morgan fingerprint density at radius 2 is 1.50 bits per heavy atom. The minimum Gasteiger partial charge on any atom is -0.195 e. The van der Waals surface area contributed by atoms with Crippen LogP contribution in [0.4, 0.5) is 17.6 Å². The zero-order valence-corrected chi connectivity index (χ0v) is 8.22. The van der Waals surface area contributed by atoms with Crippen molar-refractivity contribution < 1.29 is 17.6 Å². The maximum Gasteiger partial charge on any atom is 0.360 e. The topological polar surface area (TPSA) is 0 Å². The third-order valence-corrected chi connectivity index (χ3v) is 4.42. The van der Waals surface area contributed by atoms with Crippen LogP contribution < -0.4 is 0 Å². The Balaban J connectivity index is 3.10. The second-order valence-electron chi connectivity index (χ2n) is 2.15. The lowest BCUT2D eigenvalue weighted by atomic mass is 10.2. The van der Waals surface area contributed by atoms with Crippen molar-refractivity contribution in [3.63, 3.8) is 0 Å². The summed E-state index contributed by atoms with van der Waals surface area (Å²) in [6.45, 7) is 0. The normalized spacial score (nSPS) is 36.8. The van der Waals surface area contributed by atoms with Gasteiger partial charge in [0.1, 0.15) is 4.71 Å². The molecule has 1 fully saturated rings. The second kappa shape index (κ2) is 2.72. The summed E-state index contributed by atoms with van der Waals surface area (Å²) in [4.78, 5) is 0. The molecule has 8 heteroatoms. The predicted molar refractivity (Wildman–Crippen MR) is 41.6 cm³/mol. The highest BCUT2D eigenvalue weighted by atomic mass is 35.5. The molecule has 0 aliphatic carbocycles. The van der Waals surface area contributed by atoms with E-state index in [1.165, 1.54) is 0 Å². The van der Waals surface area contributed by atoms with Gasteiger partial charge < -0.3 is 0 Å². The average Bonchev–Trinajstić information content (AvgIpc) is 1.92. The molecular weight excluding hydrogens is 262 g/mol. The third-order valence-electron chi connectivity index (χ3n) is 1.32. The molecule has 72 valence electrons. The number of rotatable bonds is 0. The Hall–Kier alpha value is 0.940. The van der Waals surface area contributed by atoms with Crippen molar-refractivity contribution in [3.8, 4) is 0 Å². The van der Waals surface area contributed by atoms with Crippen LogP contribution in [0, 0.1) is 0 Å². The van der Waals surface area contributed by atoms with E-state index in [0.717, 1.165) is 0 Å². The van der Waals surface area contributed by atoms with Gasteiger partial charge in [0, 0.05) is 0 Å². The summed E-state index contributed by atoms with van der Waals surface area (Å²) in [6.07, 6.45) is 0. The maximum atomic E-state index is 12.6. The SMILES string of the molecule is FC1(F)S[C@H](Cl)C(Cl)(Cl)C1(F)F. The molecule has 0 aromatic heterocycles. The molecule has 1 saturated heterocycles. The lowest BCUT2D eigenvalue weighted by Crippen LogP contribution is -2.46. The van der Waals surface area contributed by atoms with Crippen LogP contribution in [0.15, 0.2) is 0 Å². The lowest BCUT2D eigenvalue weighted by Gasteiger charge is -2.24. The van der Waals surface area contributed by atoms with E-state index in [1.807, 2.05) is 0 Å². The summed E-state index contributed by atoms with van der Waals surface area (Å²) >= 11 is 14.6. The zero-order valence-electron chi connectivity index (χ0n) is 5.13. The molecular formula is C4HCl3F4S. The summed E-state index contributed by atoms with van der Waals surface area (Å²) in [7, 11) is 0. The van der Waals surface area contributed by atoms with Crippen molar-refractivity contribution in [2.75, 3.05) is 0 Å². The minimum absolute atomic E-state index is 0.445. The fraction of sp³-hybridized carbons (Fsp3) is 1.00. The molecule has 0 unspecified atom stereocenters. The standard InChI is InChI=1S/C4HCl3F4S/c5-1-2(6,7)3(8,9)4(10,11)12-1/h1H/t1-/m0/s1. The molecule has 0 aromatic rings. The van der Waals surface area contributed by atoms with Gasteiger partial charge in [-0.25, -0.2) is 0 Å². The maximum absolute atomic E-state index is 12.6. The Morgan fingerprint density at radius 3 is 1.58 bits per heavy atom. The lowest BCUT2D eigenvalue weighted by molar-refractivity contribution is -0.149. The van der Waals surface area contributed by atoms with E-state index < -0.39 is 32.0 Å². The number of halogens is 7. The molecule has 0 amide bonds. The second-order valence-corrected chi connectivity index (χ2v) is 5.45. The van der Waals surface area contributed by atoms with Crippen LogP contribution in [-0.4, -0.2) is 20.2 Å². The first kappa shape index (κ1) is 11.0. The van der Waals surface area contributed by atoms with Crippen LogP contribution in [-0.2, 0) is 0 Å². The fourth-order valence-electron chi connectivity index (χ4n) is 0.615. The van der Waals surface area contributed by atoms with Gasteiger partial charge in [-0.1, -0.05) is 35.0 Å². The Labute approximate surface area is 84.5 Å². The van der Waals surface area contributed by atoms with E-state index in [2.05, 4.69) is 0 Å². The molecule has 1 heterocycles. The highest BCUT2D eigenvalue weighted by molar-refractivity contribution is 8.02. The van der Waals surface area contributed by atoms with Gasteiger partial charge in [-0.3, -0.25) is 0 Å². The van der Waals surface area contributed by atoms with Gasteiger partial charge >= 0.3 is 11.2 Å². The van der Waals surface area contributed by atoms with Crippen LogP contribution in [0.1, 0.15) is 0 Å². The van der Waals surface area contributed by atoms with Crippen molar-refractivity contribution in [2.45, 2.75) is 20.2 Å². The zero-order chi connectivity index (χ0) is 9.78. The van der Waals surface area contributed by atoms with Gasteiger partial charge in [-0.2, -0.15) is 17.6 Å². The molecule has 0 nitrogen and oxygen atoms in total. The highest BCUT2D eigenvalue weighted by Gasteiger charge is 2.78. The van der Waals surface area contributed by atoms with Crippen molar-refractivity contribution in [1.29, 1.82) is 0 Å². The monoisotopic (exact) mass is 262 g/mol. The van der Waals surface area contributed by atoms with E-state index in [4.69, 9.17) is 34.8 Å². The van der Waals surface area contributed by atoms with Gasteiger partial charge in [-0.05, 0) is 0 Å². The van der Waals surface area contributed by atoms with Gasteiger partial charge in [0.15, 0.2) is 0 Å². The first-order valence-corrected chi connectivity index (χ1v) is 4.65. The first-order chi connectivity index (χ1) is 5.13. The van der Waals surface area contributed by atoms with E-state index in [0.29, 0.717) is 0 Å². The van der Waals surface area contributed by atoms with Crippen LogP contribution in [0.3, 0.4) is 0 Å². The van der Waals surface area contributed by atoms with Crippen molar-refractivity contribution >= 4 is 46.6 Å². The predicted octanol–water partition coefficient (Wildman–Crippen LogP) is 3.70. The smallest absolute Gasteiger partial charge is 0.195 e. The van der Waals surface area contributed by atoms with E-state index in [1.54, 1.807) is 0 Å². The fourth-order valence-corrected chi connectivity index (χ4v) is 2.57. The van der Waals surface area contributed by atoms with Crippen LogP contribution in [0.25, 0.3) is 0 Å². The molecule has 0 bridgehead atoms. The van der Waals surface area contributed by atoms with E-state index in [9.17, 15) is 17.6 Å². The van der Waals surface area contributed by atoms with Crippen molar-refractivity contribution in [1.82, 2.24) is 0 Å². The van der Waals surface area contributed by atoms with Gasteiger partial charge in [0.2, 0.25) is 4.33 Å². The van der Waals surface area contributed by atoms with Gasteiger partial charge in [-0.15, -0.1) is 11.6 Å². The Morgan fingerprint density at radius 1 is 1.08 bits per heavy atom. The quantitative estimate of drug-likeness (QED) is 0.474. The third kappa shape index (κ3) is 1.21. The minimum atomic E-state index is -4.51. The van der Waals surface area contributed by atoms with Crippen LogP contribution in [0.2, 0.25) is 0 Å². The molecule has 0 N–H and O–H groups in total. The molecule has 1 aliphatic rings. The molecule has 12 heavy (non-hydrogen) atoms. The Bertz CT molecular complexity index is 206. The summed E-state index contributed by atoms with van der Waals surface area (Å²) in [5.74, 6) is -4.51. The number of thioether (sulfide) groups is 1. The van der Waals surface area contributed by atoms with E-state index >= 15 is 0 Å². The first-order valence-electron chi connectivity index (χ1n) is 2.58. The molecule has 0 aromatic carbocycles. The number of hydrogen-bond acceptors (Lipinski definition) is 1. The molecule has 0 saturated carbocycles. The van der Waals surface area contributed by atoms with Crippen LogP contribution in [0.5, 0.6) is 0 Å². The van der Waals surface area contributed by atoms with E-state index in [-0.39, 0.29) is 0 Å². The summed E-state index contributed by atoms with van der Waals surface area (Å²) in [6, 6.07) is 0. The molecule has 1 rings (SSSR count).